The van der Waals surface area contributed by atoms with Gasteiger partial charge < -0.3 is 0 Å². The van der Waals surface area contributed by atoms with Crippen LogP contribution < -0.4 is 5.32 Å². The van der Waals surface area contributed by atoms with Crippen molar-refractivity contribution in [2.45, 2.75) is 0 Å². The van der Waals surface area contributed by atoms with E-state index in [-0.39, 0.29) is 11.6 Å². The van der Waals surface area contributed by atoms with Gasteiger partial charge in [-0.3, -0.25) is 25.2 Å². The minimum atomic E-state index is -0.479. The maximum absolute atomic E-state index is 12.0. The van der Waals surface area contributed by atoms with Gasteiger partial charge in [-0.05, 0) is 23.8 Å². The molecule has 7 nitrogen and oxygen atoms in total. The second-order valence-electron chi connectivity index (χ2n) is 4.95. The van der Waals surface area contributed by atoms with E-state index in [2.05, 4.69) is 15.3 Å². The van der Waals surface area contributed by atoms with E-state index in [0.29, 0.717) is 10.7 Å². The van der Waals surface area contributed by atoms with Crippen LogP contribution in [0.15, 0.2) is 60.2 Å². The van der Waals surface area contributed by atoms with Gasteiger partial charge in [0.15, 0.2) is 5.13 Å². The highest BCUT2D eigenvalue weighted by Gasteiger charge is 2.07. The molecule has 25 heavy (non-hydrogen) atoms. The lowest BCUT2D eigenvalue weighted by Crippen LogP contribution is -2.07. The molecular formula is C17H12N4O3S. The van der Waals surface area contributed by atoms with E-state index >= 15 is 0 Å². The lowest BCUT2D eigenvalue weighted by atomic mass is 10.2. The van der Waals surface area contributed by atoms with Crippen LogP contribution in [0, 0.1) is 10.1 Å². The summed E-state index contributed by atoms with van der Waals surface area (Å²) in [6, 6.07) is 9.72. The summed E-state index contributed by atoms with van der Waals surface area (Å²) in [5.74, 6) is -0.359. The molecule has 0 saturated carbocycles. The van der Waals surface area contributed by atoms with Gasteiger partial charge >= 0.3 is 0 Å². The second kappa shape index (κ2) is 7.45. The van der Waals surface area contributed by atoms with Crippen molar-refractivity contribution in [1.29, 1.82) is 0 Å². The number of amides is 1. The number of aromatic nitrogens is 2. The SMILES string of the molecule is O=C(C=Cc1cccc([N+](=O)[O-])c1)Nc1nc(-c2ccncc2)cs1. The molecule has 1 amide bonds. The third-order valence-electron chi connectivity index (χ3n) is 3.22. The van der Waals surface area contributed by atoms with E-state index in [4.69, 9.17) is 0 Å². The number of anilines is 1. The van der Waals surface area contributed by atoms with Crippen LogP contribution in [0.3, 0.4) is 0 Å². The Balaban J connectivity index is 1.66. The molecule has 1 N–H and O–H groups in total. The van der Waals surface area contributed by atoms with E-state index < -0.39 is 4.92 Å². The number of hydrogen-bond donors (Lipinski definition) is 1. The summed E-state index contributed by atoms with van der Waals surface area (Å²) in [5.41, 5.74) is 2.22. The zero-order chi connectivity index (χ0) is 17.6. The minimum Gasteiger partial charge on any atom is -0.298 e. The molecular weight excluding hydrogens is 340 g/mol. The van der Waals surface area contributed by atoms with Crippen LogP contribution in [0.25, 0.3) is 17.3 Å². The van der Waals surface area contributed by atoms with Crippen LogP contribution >= 0.6 is 11.3 Å². The fourth-order valence-corrected chi connectivity index (χ4v) is 2.77. The molecule has 0 aliphatic carbocycles. The van der Waals surface area contributed by atoms with Gasteiger partial charge in [0.25, 0.3) is 5.69 Å². The van der Waals surface area contributed by atoms with E-state index in [1.165, 1.54) is 35.6 Å². The van der Waals surface area contributed by atoms with Crippen molar-refractivity contribution in [3.63, 3.8) is 0 Å². The maximum Gasteiger partial charge on any atom is 0.270 e. The Morgan fingerprint density at radius 3 is 2.80 bits per heavy atom. The molecule has 0 fully saturated rings. The number of pyridine rings is 1. The van der Waals surface area contributed by atoms with Gasteiger partial charge in [0.2, 0.25) is 5.91 Å². The standard InChI is InChI=1S/C17H12N4O3S/c22-16(5-4-12-2-1-3-14(10-12)21(23)24)20-17-19-15(11-25-17)13-6-8-18-9-7-13/h1-11H,(H,19,20,22). The molecule has 3 rings (SSSR count). The fourth-order valence-electron chi connectivity index (χ4n) is 2.05. The molecule has 0 spiro atoms. The Labute approximate surface area is 146 Å². The number of thiazole rings is 1. The second-order valence-corrected chi connectivity index (χ2v) is 5.81. The van der Waals surface area contributed by atoms with E-state index in [1.54, 1.807) is 24.5 Å². The van der Waals surface area contributed by atoms with Crippen molar-refractivity contribution >= 4 is 34.1 Å². The third kappa shape index (κ3) is 4.33. The van der Waals surface area contributed by atoms with Gasteiger partial charge in [0.05, 0.1) is 10.6 Å². The van der Waals surface area contributed by atoms with Crippen molar-refractivity contribution in [3.05, 3.63) is 75.9 Å². The Kier molecular flexibility index (Phi) is 4.91. The molecule has 1 aromatic carbocycles. The Morgan fingerprint density at radius 1 is 1.24 bits per heavy atom. The minimum absolute atomic E-state index is 0.0236. The molecule has 0 saturated heterocycles. The quantitative estimate of drug-likeness (QED) is 0.428. The first-order valence-electron chi connectivity index (χ1n) is 7.21. The number of nitrogens with zero attached hydrogens (tertiary/aromatic N) is 3. The molecule has 0 aliphatic rings. The monoisotopic (exact) mass is 352 g/mol. The molecule has 3 aromatic rings. The summed E-state index contributed by atoms with van der Waals surface area (Å²) in [5, 5.41) is 15.7. The number of carbonyl (C=O) groups excluding carboxylic acids is 1. The number of carbonyl (C=O) groups is 1. The van der Waals surface area contributed by atoms with Crippen LogP contribution in [0.2, 0.25) is 0 Å². The van der Waals surface area contributed by atoms with Crippen LogP contribution in [-0.2, 0) is 4.79 Å². The number of nitro benzene ring substituents is 1. The molecule has 124 valence electrons. The number of hydrogen-bond acceptors (Lipinski definition) is 6. The molecule has 0 aliphatic heterocycles. The summed E-state index contributed by atoms with van der Waals surface area (Å²) >= 11 is 1.31. The number of benzene rings is 1. The van der Waals surface area contributed by atoms with Gasteiger partial charge in [0, 0.05) is 41.5 Å². The highest BCUT2D eigenvalue weighted by molar-refractivity contribution is 7.14. The smallest absolute Gasteiger partial charge is 0.270 e. The first-order valence-corrected chi connectivity index (χ1v) is 8.09. The summed E-state index contributed by atoms with van der Waals surface area (Å²) in [7, 11) is 0. The molecule has 8 heteroatoms. The molecule has 2 aromatic heterocycles. The number of nitro groups is 1. The Hall–Kier alpha value is -3.39. The first kappa shape index (κ1) is 16.5. The third-order valence-corrected chi connectivity index (χ3v) is 3.98. The predicted molar refractivity (Wildman–Crippen MR) is 96.1 cm³/mol. The topological polar surface area (TPSA) is 98.0 Å². The lowest BCUT2D eigenvalue weighted by Gasteiger charge is -1.97. The predicted octanol–water partition coefficient (Wildman–Crippen LogP) is 3.77. The normalized spacial score (nSPS) is 10.7. The zero-order valence-corrected chi connectivity index (χ0v) is 13.6. The van der Waals surface area contributed by atoms with Crippen LogP contribution in [-0.4, -0.2) is 20.8 Å². The van der Waals surface area contributed by atoms with E-state index in [9.17, 15) is 14.9 Å². The van der Waals surface area contributed by atoms with Gasteiger partial charge in [0.1, 0.15) is 0 Å². The van der Waals surface area contributed by atoms with Crippen molar-refractivity contribution in [2.24, 2.45) is 0 Å². The summed E-state index contributed by atoms with van der Waals surface area (Å²) in [6.07, 6.45) is 6.18. The Morgan fingerprint density at radius 2 is 2.04 bits per heavy atom. The van der Waals surface area contributed by atoms with Gasteiger partial charge in [-0.2, -0.15) is 0 Å². The number of nitrogens with one attached hydrogen (secondary N) is 1. The number of rotatable bonds is 5. The summed E-state index contributed by atoms with van der Waals surface area (Å²) in [4.78, 5) is 30.5. The molecule has 0 radical (unpaired) electrons. The van der Waals surface area contributed by atoms with E-state index in [0.717, 1.165) is 11.3 Å². The summed E-state index contributed by atoms with van der Waals surface area (Å²) in [6.45, 7) is 0. The van der Waals surface area contributed by atoms with Gasteiger partial charge in [-0.15, -0.1) is 11.3 Å². The molecule has 0 atom stereocenters. The van der Waals surface area contributed by atoms with E-state index in [1.807, 2.05) is 17.5 Å². The molecule has 2 heterocycles. The number of non-ortho nitro benzene ring substituents is 1. The van der Waals surface area contributed by atoms with Crippen LogP contribution in [0.1, 0.15) is 5.56 Å². The van der Waals surface area contributed by atoms with Crippen molar-refractivity contribution < 1.29 is 9.72 Å². The zero-order valence-electron chi connectivity index (χ0n) is 12.8. The van der Waals surface area contributed by atoms with Crippen molar-refractivity contribution in [3.8, 4) is 11.3 Å². The average molecular weight is 352 g/mol. The summed E-state index contributed by atoms with van der Waals surface area (Å²) < 4.78 is 0. The van der Waals surface area contributed by atoms with Gasteiger partial charge in [-0.1, -0.05) is 12.1 Å². The van der Waals surface area contributed by atoms with Crippen LogP contribution in [0.4, 0.5) is 10.8 Å². The van der Waals surface area contributed by atoms with Gasteiger partial charge in [-0.25, -0.2) is 4.98 Å². The average Bonchev–Trinajstić information content (AvgIpc) is 3.09. The largest absolute Gasteiger partial charge is 0.298 e. The lowest BCUT2D eigenvalue weighted by molar-refractivity contribution is -0.384. The Bertz CT molecular complexity index is 938. The van der Waals surface area contributed by atoms with Crippen molar-refractivity contribution in [1.82, 2.24) is 9.97 Å². The highest BCUT2D eigenvalue weighted by atomic mass is 32.1. The first-order chi connectivity index (χ1) is 12.1. The highest BCUT2D eigenvalue weighted by Crippen LogP contribution is 2.24. The molecule has 0 bridgehead atoms. The fraction of sp³-hybridized carbons (Fsp3) is 0. The van der Waals surface area contributed by atoms with Crippen LogP contribution in [0.5, 0.6) is 0 Å². The van der Waals surface area contributed by atoms with Crippen molar-refractivity contribution in [2.75, 3.05) is 5.32 Å². The maximum atomic E-state index is 12.0. The molecule has 0 unspecified atom stereocenters.